The van der Waals surface area contributed by atoms with Crippen LogP contribution >= 0.6 is 11.6 Å². The van der Waals surface area contributed by atoms with Crippen molar-refractivity contribution in [1.29, 1.82) is 0 Å². The number of fused-ring (bicyclic) bond motifs is 2. The number of amides is 2. The van der Waals surface area contributed by atoms with Crippen molar-refractivity contribution >= 4 is 23.3 Å². The summed E-state index contributed by atoms with van der Waals surface area (Å²) in [5, 5.41) is 14.0. The number of urea groups is 1. The number of piperidine rings is 1. The number of halogens is 1. The van der Waals surface area contributed by atoms with Crippen LogP contribution in [0, 0.1) is 5.92 Å². The molecule has 2 aliphatic heterocycles. The normalized spacial score (nSPS) is 25.1. The van der Waals surface area contributed by atoms with E-state index in [4.69, 9.17) is 16.0 Å². The molecule has 11 heteroatoms. The van der Waals surface area contributed by atoms with Crippen LogP contribution in [0.3, 0.4) is 0 Å². The highest BCUT2D eigenvalue weighted by molar-refractivity contribution is 6.33. The Morgan fingerprint density at radius 1 is 1.40 bits per heavy atom. The summed E-state index contributed by atoms with van der Waals surface area (Å²) >= 11 is 6.31. The lowest BCUT2D eigenvalue weighted by molar-refractivity contribution is -0.110. The van der Waals surface area contributed by atoms with Gasteiger partial charge in [0, 0.05) is 30.8 Å². The van der Waals surface area contributed by atoms with E-state index in [-0.39, 0.29) is 18.0 Å². The van der Waals surface area contributed by atoms with Gasteiger partial charge in [0.2, 0.25) is 5.89 Å². The molecule has 0 unspecified atom stereocenters. The Morgan fingerprint density at radius 2 is 2.23 bits per heavy atom. The molecule has 2 amide bonds. The third-order valence-corrected chi connectivity index (χ3v) is 6.20. The fourth-order valence-electron chi connectivity index (χ4n) is 4.80. The van der Waals surface area contributed by atoms with Gasteiger partial charge in [-0.3, -0.25) is 4.68 Å². The third-order valence-electron chi connectivity index (χ3n) is 5.87. The van der Waals surface area contributed by atoms with E-state index >= 15 is 0 Å². The molecule has 3 atom stereocenters. The molecule has 2 N–H and O–H groups in total. The maximum atomic E-state index is 13.2. The van der Waals surface area contributed by atoms with Gasteiger partial charge in [-0.1, -0.05) is 18.5 Å². The van der Waals surface area contributed by atoms with Gasteiger partial charge in [-0.2, -0.15) is 5.10 Å². The first-order chi connectivity index (χ1) is 14.4. The van der Waals surface area contributed by atoms with Gasteiger partial charge in [-0.05, 0) is 37.0 Å². The number of carbonyl (C=O) groups excluding carboxylic acids is 1. The number of anilines is 1. The van der Waals surface area contributed by atoms with Crippen molar-refractivity contribution in [2.75, 3.05) is 5.32 Å². The third kappa shape index (κ3) is 2.90. The molecule has 1 saturated carbocycles. The Labute approximate surface area is 176 Å². The summed E-state index contributed by atoms with van der Waals surface area (Å²) in [7, 11) is 1.77. The monoisotopic (exact) mass is 429 g/mol. The minimum Gasteiger partial charge on any atom is -0.390 e. The lowest BCUT2D eigenvalue weighted by atomic mass is 9.64. The Bertz CT molecular complexity index is 1180. The van der Waals surface area contributed by atoms with E-state index in [2.05, 4.69) is 32.5 Å². The van der Waals surface area contributed by atoms with Crippen LogP contribution in [0.1, 0.15) is 32.1 Å². The molecule has 2 aromatic heterocycles. The molecular formula is C19H20ClN7O3. The number of H-pyrrole nitrogens is 1. The largest absolute Gasteiger partial charge is 0.434 e. The van der Waals surface area contributed by atoms with Crippen molar-refractivity contribution in [3.63, 3.8) is 0 Å². The predicted octanol–water partition coefficient (Wildman–Crippen LogP) is 2.74. The van der Waals surface area contributed by atoms with E-state index in [1.807, 2.05) is 0 Å². The van der Waals surface area contributed by atoms with Gasteiger partial charge in [-0.15, -0.1) is 5.10 Å². The van der Waals surface area contributed by atoms with Gasteiger partial charge in [-0.25, -0.2) is 19.7 Å². The summed E-state index contributed by atoms with van der Waals surface area (Å²) < 4.78 is 6.84. The standard InChI is InChI=1S/C19H20ClN7O3/c1-10-5-12-8-19(7-10,16-23-24-18(29)30-16)27(12)17(28)22-11-3-4-14(20)13(6-11)15-21-9-26(2)25-15/h3-4,6,9-10,12H,5,7-8H2,1-2H3,(H,22,28)(H,24,29)/t10-,12-,19+/m1/s1. The number of aromatic amines is 1. The van der Waals surface area contributed by atoms with Crippen molar-refractivity contribution in [3.8, 4) is 11.4 Å². The number of benzene rings is 1. The zero-order chi connectivity index (χ0) is 21.0. The first kappa shape index (κ1) is 18.9. The number of aryl methyl sites for hydroxylation is 1. The first-order valence-electron chi connectivity index (χ1n) is 9.67. The van der Waals surface area contributed by atoms with Gasteiger partial charge in [0.1, 0.15) is 11.9 Å². The van der Waals surface area contributed by atoms with Gasteiger partial charge < -0.3 is 14.6 Å². The van der Waals surface area contributed by atoms with Crippen LogP contribution in [0.4, 0.5) is 10.5 Å². The zero-order valence-corrected chi connectivity index (χ0v) is 17.2. The molecule has 30 heavy (non-hydrogen) atoms. The molecule has 156 valence electrons. The molecule has 3 fully saturated rings. The van der Waals surface area contributed by atoms with E-state index in [0.29, 0.717) is 34.4 Å². The Morgan fingerprint density at radius 3 is 2.93 bits per heavy atom. The topological polar surface area (TPSA) is 122 Å². The summed E-state index contributed by atoms with van der Waals surface area (Å²) in [6, 6.07) is 4.97. The maximum absolute atomic E-state index is 13.2. The van der Waals surface area contributed by atoms with Crippen molar-refractivity contribution < 1.29 is 9.21 Å². The van der Waals surface area contributed by atoms with Crippen molar-refractivity contribution in [1.82, 2.24) is 29.9 Å². The van der Waals surface area contributed by atoms with Gasteiger partial charge in [0.15, 0.2) is 5.82 Å². The molecule has 3 aromatic rings. The summed E-state index contributed by atoms with van der Waals surface area (Å²) in [5.74, 6) is 0.515. The van der Waals surface area contributed by atoms with Crippen molar-refractivity contribution in [3.05, 3.63) is 46.0 Å². The second-order valence-electron chi connectivity index (χ2n) is 8.09. The fourth-order valence-corrected chi connectivity index (χ4v) is 5.00. The predicted molar refractivity (Wildman–Crippen MR) is 108 cm³/mol. The Balaban J connectivity index is 1.43. The molecule has 10 nitrogen and oxygen atoms in total. The summed E-state index contributed by atoms with van der Waals surface area (Å²) in [6.45, 7) is 2.13. The van der Waals surface area contributed by atoms with Gasteiger partial charge in [0.25, 0.3) is 0 Å². The van der Waals surface area contributed by atoms with E-state index in [9.17, 15) is 9.59 Å². The number of rotatable bonds is 3. The smallest absolute Gasteiger partial charge is 0.390 e. The van der Waals surface area contributed by atoms with Crippen LogP contribution in [0.15, 0.2) is 33.7 Å². The first-order valence-corrected chi connectivity index (χ1v) is 10.1. The number of hydrogen-bond donors (Lipinski definition) is 2. The molecule has 0 radical (unpaired) electrons. The molecule has 2 saturated heterocycles. The van der Waals surface area contributed by atoms with Crippen LogP contribution in [0.5, 0.6) is 0 Å². The minimum absolute atomic E-state index is 0.0694. The lowest BCUT2D eigenvalue weighted by Gasteiger charge is -2.61. The summed E-state index contributed by atoms with van der Waals surface area (Å²) in [4.78, 5) is 30.7. The van der Waals surface area contributed by atoms with E-state index in [0.717, 1.165) is 12.8 Å². The van der Waals surface area contributed by atoms with Crippen molar-refractivity contribution in [2.24, 2.45) is 13.0 Å². The van der Waals surface area contributed by atoms with Crippen LogP contribution < -0.4 is 11.1 Å². The average Bonchev–Trinajstić information content (AvgIpc) is 3.31. The van der Waals surface area contributed by atoms with Crippen LogP contribution in [-0.4, -0.2) is 41.9 Å². The average molecular weight is 430 g/mol. The maximum Gasteiger partial charge on any atom is 0.434 e. The van der Waals surface area contributed by atoms with Gasteiger partial charge >= 0.3 is 11.8 Å². The lowest BCUT2D eigenvalue weighted by Crippen LogP contribution is -2.70. The molecule has 1 aromatic carbocycles. The highest BCUT2D eigenvalue weighted by Crippen LogP contribution is 2.55. The highest BCUT2D eigenvalue weighted by atomic mass is 35.5. The molecule has 4 heterocycles. The zero-order valence-electron chi connectivity index (χ0n) is 16.4. The van der Waals surface area contributed by atoms with Gasteiger partial charge in [0.05, 0.1) is 5.02 Å². The second-order valence-corrected chi connectivity index (χ2v) is 8.50. The molecule has 6 rings (SSSR count). The summed E-state index contributed by atoms with van der Waals surface area (Å²) in [5.41, 5.74) is 0.493. The summed E-state index contributed by atoms with van der Waals surface area (Å²) in [6.07, 6.45) is 3.89. The van der Waals surface area contributed by atoms with Crippen LogP contribution in [0.2, 0.25) is 5.02 Å². The molecule has 1 aliphatic carbocycles. The van der Waals surface area contributed by atoms with Crippen LogP contribution in [0.25, 0.3) is 11.4 Å². The number of hydrogen-bond acceptors (Lipinski definition) is 6. The number of nitrogens with zero attached hydrogens (tertiary/aromatic N) is 5. The number of nitrogens with one attached hydrogen (secondary N) is 2. The minimum atomic E-state index is -0.705. The number of carbonyl (C=O) groups is 1. The SMILES string of the molecule is C[C@@H]1C[C@@H]2C[C@](c3n[nH]c(=O)o3)(C1)N2C(=O)Nc1ccc(Cl)c(-c2ncn(C)n2)c1. The van der Waals surface area contributed by atoms with E-state index in [1.54, 1.807) is 41.2 Å². The van der Waals surface area contributed by atoms with E-state index in [1.165, 1.54) is 0 Å². The van der Waals surface area contributed by atoms with Crippen LogP contribution in [-0.2, 0) is 12.6 Å². The second kappa shape index (κ2) is 6.69. The molecule has 0 spiro atoms. The molecule has 2 bridgehead atoms. The Kier molecular flexibility index (Phi) is 4.21. The fraction of sp³-hybridized carbons (Fsp3) is 0.421. The van der Waals surface area contributed by atoms with Crippen molar-refractivity contribution in [2.45, 2.75) is 37.8 Å². The molecular weight excluding hydrogens is 410 g/mol. The Hall–Kier alpha value is -3.14. The molecule has 3 aliphatic rings. The highest BCUT2D eigenvalue weighted by Gasteiger charge is 2.62. The number of aromatic nitrogens is 5. The quantitative estimate of drug-likeness (QED) is 0.660. The van der Waals surface area contributed by atoms with E-state index < -0.39 is 11.3 Å².